The Bertz CT molecular complexity index is 1040. The number of halogens is 1. The number of hydrogen-bond donors (Lipinski definition) is 1. The van der Waals surface area contributed by atoms with Gasteiger partial charge in [0.1, 0.15) is 6.54 Å². The van der Waals surface area contributed by atoms with E-state index in [9.17, 15) is 9.59 Å². The van der Waals surface area contributed by atoms with Crippen molar-refractivity contribution in [2.75, 3.05) is 11.4 Å². The van der Waals surface area contributed by atoms with E-state index in [1.807, 2.05) is 54.6 Å². The van der Waals surface area contributed by atoms with Crippen molar-refractivity contribution < 1.29 is 9.59 Å². The van der Waals surface area contributed by atoms with Gasteiger partial charge >= 0.3 is 0 Å². The lowest BCUT2D eigenvalue weighted by atomic mass is 10.1. The number of hydrogen-bond acceptors (Lipinski definition) is 3. The van der Waals surface area contributed by atoms with Gasteiger partial charge in [0.2, 0.25) is 0 Å². The molecular weight excluding hydrogens is 394 g/mol. The minimum atomic E-state index is -0.350. The van der Waals surface area contributed by atoms with Crippen LogP contribution in [0.2, 0.25) is 0 Å². The van der Waals surface area contributed by atoms with E-state index >= 15 is 0 Å². The smallest absolute Gasteiger partial charge is 0.260 e. The van der Waals surface area contributed by atoms with Crippen LogP contribution < -0.4 is 10.3 Å². The Morgan fingerprint density at radius 3 is 2.58 bits per heavy atom. The van der Waals surface area contributed by atoms with Crippen LogP contribution in [-0.2, 0) is 4.79 Å². The van der Waals surface area contributed by atoms with E-state index in [-0.39, 0.29) is 18.4 Å². The summed E-state index contributed by atoms with van der Waals surface area (Å²) < 4.78 is 0.972. The van der Waals surface area contributed by atoms with Crippen LogP contribution in [0.5, 0.6) is 0 Å². The molecule has 1 aliphatic rings. The minimum absolute atomic E-state index is 0.0791. The summed E-state index contributed by atoms with van der Waals surface area (Å²) in [5.74, 6) is -0.514. The Balaban J connectivity index is 1.48. The average Bonchev–Trinajstić information content (AvgIpc) is 2.92. The maximum absolute atomic E-state index is 12.6. The fourth-order valence-corrected chi connectivity index (χ4v) is 3.31. The Morgan fingerprint density at radius 2 is 1.81 bits per heavy atom. The number of nitrogens with zero attached hydrogens (tertiary/aromatic N) is 2. The quantitative estimate of drug-likeness (QED) is 0.529. The third kappa shape index (κ3) is 2.99. The SMILES string of the molecule is O=C(CN1C(=O)c2cccc3cccc1c23)N/N=C/c1ccc(Br)cc1. The molecule has 1 N–H and O–H groups in total. The van der Waals surface area contributed by atoms with Crippen LogP contribution >= 0.6 is 15.9 Å². The van der Waals surface area contributed by atoms with Gasteiger partial charge in [0.05, 0.1) is 11.9 Å². The summed E-state index contributed by atoms with van der Waals surface area (Å²) in [7, 11) is 0. The molecule has 0 aromatic heterocycles. The molecule has 1 heterocycles. The van der Waals surface area contributed by atoms with Crippen molar-refractivity contribution in [2.24, 2.45) is 5.10 Å². The zero-order chi connectivity index (χ0) is 18.1. The van der Waals surface area contributed by atoms with Crippen molar-refractivity contribution in [2.45, 2.75) is 0 Å². The van der Waals surface area contributed by atoms with E-state index in [1.165, 1.54) is 4.90 Å². The Labute approximate surface area is 158 Å². The number of hydrazone groups is 1. The van der Waals surface area contributed by atoms with Gasteiger partial charge in [0.15, 0.2) is 0 Å². The van der Waals surface area contributed by atoms with Crippen LogP contribution in [0.1, 0.15) is 15.9 Å². The van der Waals surface area contributed by atoms with Gasteiger partial charge in [0.25, 0.3) is 11.8 Å². The van der Waals surface area contributed by atoms with Crippen molar-refractivity contribution in [3.8, 4) is 0 Å². The second-order valence-corrected chi connectivity index (χ2v) is 6.83. The summed E-state index contributed by atoms with van der Waals surface area (Å²) in [6, 6.07) is 18.8. The predicted octanol–water partition coefficient (Wildman–Crippen LogP) is 3.71. The van der Waals surface area contributed by atoms with Gasteiger partial charge in [-0.2, -0.15) is 5.10 Å². The molecule has 1 aliphatic heterocycles. The van der Waals surface area contributed by atoms with Crippen molar-refractivity contribution in [3.63, 3.8) is 0 Å². The normalized spacial score (nSPS) is 13.0. The molecule has 0 unspecified atom stereocenters. The van der Waals surface area contributed by atoms with Crippen LogP contribution in [0.3, 0.4) is 0 Å². The zero-order valence-electron chi connectivity index (χ0n) is 13.6. The molecule has 0 atom stereocenters. The lowest BCUT2D eigenvalue weighted by molar-refractivity contribution is -0.119. The number of benzene rings is 3. The van der Waals surface area contributed by atoms with E-state index in [2.05, 4.69) is 26.5 Å². The lowest BCUT2D eigenvalue weighted by Gasteiger charge is -2.16. The number of nitrogens with one attached hydrogen (secondary N) is 1. The molecule has 0 saturated carbocycles. The standard InChI is InChI=1S/C20H14BrN3O2/c21-15-9-7-13(8-10-15)11-22-23-18(25)12-24-17-6-2-4-14-3-1-5-16(19(14)17)20(24)26/h1-11H,12H2,(H,23,25)/b22-11+. The molecule has 5 nitrogen and oxygen atoms in total. The van der Waals surface area contributed by atoms with Gasteiger partial charge in [-0.25, -0.2) is 5.43 Å². The second kappa shape index (κ2) is 6.72. The lowest BCUT2D eigenvalue weighted by Crippen LogP contribution is -2.37. The van der Waals surface area contributed by atoms with Gasteiger partial charge in [0, 0.05) is 15.4 Å². The molecule has 2 amide bonds. The molecule has 3 aromatic carbocycles. The minimum Gasteiger partial charge on any atom is -0.298 e. The molecule has 0 fully saturated rings. The van der Waals surface area contributed by atoms with Crippen LogP contribution in [0.25, 0.3) is 10.8 Å². The maximum atomic E-state index is 12.6. The van der Waals surface area contributed by atoms with Gasteiger partial charge in [-0.3, -0.25) is 14.5 Å². The van der Waals surface area contributed by atoms with Gasteiger partial charge in [-0.15, -0.1) is 0 Å². The number of rotatable bonds is 4. The first kappa shape index (κ1) is 16.5. The molecule has 0 saturated heterocycles. The van der Waals surface area contributed by atoms with Crippen molar-refractivity contribution in [3.05, 3.63) is 76.3 Å². The van der Waals surface area contributed by atoms with Crippen molar-refractivity contribution in [1.82, 2.24) is 5.43 Å². The van der Waals surface area contributed by atoms with Crippen LogP contribution in [0.15, 0.2) is 70.2 Å². The average molecular weight is 408 g/mol. The highest BCUT2D eigenvalue weighted by atomic mass is 79.9. The van der Waals surface area contributed by atoms with E-state index in [1.54, 1.807) is 12.3 Å². The van der Waals surface area contributed by atoms with Gasteiger partial charge in [-0.1, -0.05) is 52.3 Å². The highest BCUT2D eigenvalue weighted by Crippen LogP contribution is 2.36. The van der Waals surface area contributed by atoms with E-state index in [0.29, 0.717) is 5.56 Å². The maximum Gasteiger partial charge on any atom is 0.260 e. The number of amides is 2. The first-order valence-corrected chi connectivity index (χ1v) is 8.84. The Hall–Kier alpha value is -2.99. The second-order valence-electron chi connectivity index (χ2n) is 5.92. The molecule has 3 aromatic rings. The fourth-order valence-electron chi connectivity index (χ4n) is 3.04. The molecule has 0 spiro atoms. The molecule has 0 bridgehead atoms. The molecule has 0 aliphatic carbocycles. The highest BCUT2D eigenvalue weighted by molar-refractivity contribution is 9.10. The first-order valence-electron chi connectivity index (χ1n) is 8.04. The Kier molecular flexibility index (Phi) is 4.26. The summed E-state index contributed by atoms with van der Waals surface area (Å²) in [6.45, 7) is -0.0791. The molecule has 4 rings (SSSR count). The van der Waals surface area contributed by atoms with Crippen LogP contribution in [-0.4, -0.2) is 24.6 Å². The van der Waals surface area contributed by atoms with Crippen LogP contribution in [0.4, 0.5) is 5.69 Å². The summed E-state index contributed by atoms with van der Waals surface area (Å²) in [5.41, 5.74) is 4.73. The summed E-state index contributed by atoms with van der Waals surface area (Å²) in [4.78, 5) is 26.4. The van der Waals surface area contributed by atoms with E-state index < -0.39 is 0 Å². The third-order valence-electron chi connectivity index (χ3n) is 4.22. The first-order chi connectivity index (χ1) is 12.6. The van der Waals surface area contributed by atoms with Crippen molar-refractivity contribution in [1.29, 1.82) is 0 Å². The van der Waals surface area contributed by atoms with Crippen molar-refractivity contribution >= 4 is 50.4 Å². The molecule has 0 radical (unpaired) electrons. The zero-order valence-corrected chi connectivity index (χ0v) is 15.2. The monoisotopic (exact) mass is 407 g/mol. The highest BCUT2D eigenvalue weighted by Gasteiger charge is 2.30. The molecule has 128 valence electrons. The topological polar surface area (TPSA) is 61.8 Å². The van der Waals surface area contributed by atoms with Crippen LogP contribution in [0, 0.1) is 0 Å². The number of carbonyl (C=O) groups excluding carboxylic acids is 2. The summed E-state index contributed by atoms with van der Waals surface area (Å²) >= 11 is 3.36. The Morgan fingerprint density at radius 1 is 1.08 bits per heavy atom. The summed E-state index contributed by atoms with van der Waals surface area (Å²) in [6.07, 6.45) is 1.56. The van der Waals surface area contributed by atoms with E-state index in [4.69, 9.17) is 0 Å². The largest absolute Gasteiger partial charge is 0.298 e. The molecule has 26 heavy (non-hydrogen) atoms. The molecular formula is C20H14BrN3O2. The fraction of sp³-hybridized carbons (Fsp3) is 0.0500. The van der Waals surface area contributed by atoms with Gasteiger partial charge < -0.3 is 0 Å². The summed E-state index contributed by atoms with van der Waals surface area (Å²) in [5, 5.41) is 5.84. The third-order valence-corrected chi connectivity index (χ3v) is 4.75. The number of anilines is 1. The molecule has 6 heteroatoms. The van der Waals surface area contributed by atoms with Gasteiger partial charge in [-0.05, 0) is 35.2 Å². The predicted molar refractivity (Wildman–Crippen MR) is 106 cm³/mol. The number of carbonyl (C=O) groups is 2. The van der Waals surface area contributed by atoms with E-state index in [0.717, 1.165) is 26.5 Å².